The zero-order valence-corrected chi connectivity index (χ0v) is 18.5. The van der Waals surface area contributed by atoms with E-state index in [9.17, 15) is 0 Å². The summed E-state index contributed by atoms with van der Waals surface area (Å²) in [6, 6.07) is 8.84. The van der Waals surface area contributed by atoms with Crippen LogP contribution in [0.3, 0.4) is 0 Å². The van der Waals surface area contributed by atoms with Crippen molar-refractivity contribution in [1.29, 1.82) is 0 Å². The number of nitrogens with zero attached hydrogens (tertiary/aromatic N) is 4. The van der Waals surface area contributed by atoms with Crippen molar-refractivity contribution in [2.75, 3.05) is 26.2 Å². The van der Waals surface area contributed by atoms with Gasteiger partial charge in [0.25, 0.3) is 0 Å². The van der Waals surface area contributed by atoms with Crippen LogP contribution in [-0.2, 0) is 12.5 Å². The van der Waals surface area contributed by atoms with Crippen molar-refractivity contribution >= 4 is 21.9 Å². The van der Waals surface area contributed by atoms with Crippen LogP contribution in [0.1, 0.15) is 49.7 Å². The molecule has 0 amide bonds. The Balaban J connectivity index is 1.48. The maximum Gasteiger partial charge on any atom is 0.193 e. The number of hydrogen-bond donors (Lipinski definition) is 1. The molecule has 5 nitrogen and oxygen atoms in total. The summed E-state index contributed by atoms with van der Waals surface area (Å²) in [5, 5.41) is 7.87. The summed E-state index contributed by atoms with van der Waals surface area (Å²) in [6.45, 7) is 5.99. The monoisotopic (exact) mass is 443 g/mol. The SMILES string of the molecule is CCNC(=NCC1(c2ccc(Br)cc2)CCC1)N1CCC(c2cnn(C)c2)C1. The van der Waals surface area contributed by atoms with Crippen molar-refractivity contribution in [3.8, 4) is 0 Å². The van der Waals surface area contributed by atoms with Crippen LogP contribution in [0.15, 0.2) is 46.1 Å². The fourth-order valence-corrected chi connectivity index (χ4v) is 4.74. The third kappa shape index (κ3) is 3.97. The number of halogens is 1. The predicted molar refractivity (Wildman–Crippen MR) is 118 cm³/mol. The summed E-state index contributed by atoms with van der Waals surface area (Å²) in [5.41, 5.74) is 2.98. The first-order valence-corrected chi connectivity index (χ1v) is 11.2. The molecule has 1 aliphatic carbocycles. The number of rotatable bonds is 5. The number of aromatic nitrogens is 2. The van der Waals surface area contributed by atoms with Crippen molar-refractivity contribution in [2.45, 2.75) is 43.9 Å². The van der Waals surface area contributed by atoms with Gasteiger partial charge in [-0.1, -0.05) is 34.5 Å². The first-order valence-electron chi connectivity index (χ1n) is 10.4. The number of nitrogens with one attached hydrogen (secondary N) is 1. The van der Waals surface area contributed by atoms with Crippen LogP contribution in [0.5, 0.6) is 0 Å². The lowest BCUT2D eigenvalue weighted by Crippen LogP contribution is -2.43. The fraction of sp³-hybridized carbons (Fsp3) is 0.545. The van der Waals surface area contributed by atoms with E-state index in [4.69, 9.17) is 4.99 Å². The Labute approximate surface area is 176 Å². The second-order valence-electron chi connectivity index (χ2n) is 8.19. The molecule has 0 bridgehead atoms. The summed E-state index contributed by atoms with van der Waals surface area (Å²) < 4.78 is 3.04. The van der Waals surface area contributed by atoms with Gasteiger partial charge in [-0.15, -0.1) is 0 Å². The lowest BCUT2D eigenvalue weighted by atomic mass is 9.64. The average Bonchev–Trinajstić information content (AvgIpc) is 3.30. The third-order valence-electron chi connectivity index (χ3n) is 6.32. The molecule has 2 aliphatic rings. The molecule has 2 heterocycles. The van der Waals surface area contributed by atoms with Crippen molar-refractivity contribution in [2.24, 2.45) is 12.0 Å². The zero-order chi connectivity index (χ0) is 19.6. The van der Waals surface area contributed by atoms with Gasteiger partial charge in [-0.25, -0.2) is 0 Å². The number of likely N-dealkylation sites (tertiary alicyclic amines) is 1. The molecular weight excluding hydrogens is 414 g/mol. The van der Waals surface area contributed by atoms with Crippen LogP contribution < -0.4 is 5.32 Å². The highest BCUT2D eigenvalue weighted by molar-refractivity contribution is 9.10. The van der Waals surface area contributed by atoms with E-state index >= 15 is 0 Å². The van der Waals surface area contributed by atoms with E-state index in [2.05, 4.69) is 68.6 Å². The van der Waals surface area contributed by atoms with E-state index in [1.54, 1.807) is 0 Å². The average molecular weight is 444 g/mol. The predicted octanol–water partition coefficient (Wildman–Crippen LogP) is 4.06. The summed E-state index contributed by atoms with van der Waals surface area (Å²) in [5.74, 6) is 1.61. The quantitative estimate of drug-likeness (QED) is 0.559. The third-order valence-corrected chi connectivity index (χ3v) is 6.85. The fourth-order valence-electron chi connectivity index (χ4n) is 4.47. The molecule has 28 heavy (non-hydrogen) atoms. The largest absolute Gasteiger partial charge is 0.357 e. The molecule has 0 spiro atoms. The molecule has 1 N–H and O–H groups in total. The van der Waals surface area contributed by atoms with Crippen LogP contribution >= 0.6 is 15.9 Å². The Morgan fingerprint density at radius 2 is 2.11 bits per heavy atom. The van der Waals surface area contributed by atoms with Gasteiger partial charge in [-0.05, 0) is 49.4 Å². The van der Waals surface area contributed by atoms with Crippen molar-refractivity contribution in [3.05, 3.63) is 52.3 Å². The van der Waals surface area contributed by atoms with Gasteiger partial charge in [-0.3, -0.25) is 9.67 Å². The molecule has 0 radical (unpaired) electrons. The van der Waals surface area contributed by atoms with Gasteiger partial charge in [-0.2, -0.15) is 5.10 Å². The van der Waals surface area contributed by atoms with Gasteiger partial charge in [0.05, 0.1) is 12.7 Å². The summed E-state index contributed by atoms with van der Waals surface area (Å²) in [7, 11) is 1.99. The first-order chi connectivity index (χ1) is 13.6. The summed E-state index contributed by atoms with van der Waals surface area (Å²) >= 11 is 3.56. The minimum Gasteiger partial charge on any atom is -0.357 e. The van der Waals surface area contributed by atoms with Crippen molar-refractivity contribution < 1.29 is 0 Å². The van der Waals surface area contributed by atoms with Crippen LogP contribution in [0.2, 0.25) is 0 Å². The number of aryl methyl sites for hydroxylation is 1. The highest BCUT2D eigenvalue weighted by atomic mass is 79.9. The highest BCUT2D eigenvalue weighted by Crippen LogP contribution is 2.44. The van der Waals surface area contributed by atoms with E-state index in [0.29, 0.717) is 5.92 Å². The molecule has 1 saturated carbocycles. The van der Waals surface area contributed by atoms with Gasteiger partial charge in [0.15, 0.2) is 5.96 Å². The van der Waals surface area contributed by atoms with Gasteiger partial charge >= 0.3 is 0 Å². The molecule has 2 aromatic rings. The lowest BCUT2D eigenvalue weighted by molar-refractivity contribution is 0.252. The van der Waals surface area contributed by atoms with Crippen LogP contribution in [-0.4, -0.2) is 46.8 Å². The second kappa shape index (κ2) is 8.27. The molecule has 6 heteroatoms. The van der Waals surface area contributed by atoms with Crippen molar-refractivity contribution in [3.63, 3.8) is 0 Å². The standard InChI is InChI=1S/C22H30BrN5/c1-3-24-21(28-12-9-17(15-28)18-13-26-27(2)14-18)25-16-22(10-4-11-22)19-5-7-20(23)8-6-19/h5-8,13-14,17H,3-4,9-12,15-16H2,1-2H3,(H,24,25). The molecule has 150 valence electrons. The molecule has 1 aromatic carbocycles. The minimum atomic E-state index is 0.212. The maximum absolute atomic E-state index is 5.12. The Morgan fingerprint density at radius 3 is 2.71 bits per heavy atom. The second-order valence-corrected chi connectivity index (χ2v) is 9.11. The van der Waals surface area contributed by atoms with Crippen LogP contribution in [0.4, 0.5) is 0 Å². The Hall–Kier alpha value is -1.82. The van der Waals surface area contributed by atoms with Crippen LogP contribution in [0, 0.1) is 0 Å². The molecule has 1 unspecified atom stereocenters. The maximum atomic E-state index is 5.12. The summed E-state index contributed by atoms with van der Waals surface area (Å²) in [4.78, 5) is 7.55. The smallest absolute Gasteiger partial charge is 0.193 e. The molecule has 1 saturated heterocycles. The van der Waals surface area contributed by atoms with Gasteiger partial charge in [0, 0.05) is 48.7 Å². The van der Waals surface area contributed by atoms with E-state index in [0.717, 1.165) is 43.0 Å². The first kappa shape index (κ1) is 19.5. The van der Waals surface area contributed by atoms with E-state index in [1.807, 2.05) is 17.9 Å². The number of aliphatic imine (C=N–C) groups is 1. The lowest BCUT2D eigenvalue weighted by Gasteiger charge is -2.41. The molecule has 4 rings (SSSR count). The van der Waals surface area contributed by atoms with Crippen LogP contribution in [0.25, 0.3) is 0 Å². The zero-order valence-electron chi connectivity index (χ0n) is 16.9. The number of benzene rings is 1. The van der Waals surface area contributed by atoms with E-state index in [-0.39, 0.29) is 5.41 Å². The molecular formula is C22H30BrN5. The normalized spacial score (nSPS) is 21.6. The Bertz CT molecular complexity index is 822. The molecule has 1 aliphatic heterocycles. The highest BCUT2D eigenvalue weighted by Gasteiger charge is 2.39. The van der Waals surface area contributed by atoms with Gasteiger partial charge < -0.3 is 10.2 Å². The number of guanidine groups is 1. The number of hydrogen-bond acceptors (Lipinski definition) is 2. The van der Waals surface area contributed by atoms with Gasteiger partial charge in [0.2, 0.25) is 0 Å². The van der Waals surface area contributed by atoms with E-state index < -0.39 is 0 Å². The summed E-state index contributed by atoms with van der Waals surface area (Å²) in [6.07, 6.45) is 9.08. The van der Waals surface area contributed by atoms with Crippen molar-refractivity contribution in [1.82, 2.24) is 20.0 Å². The molecule has 2 fully saturated rings. The molecule has 1 aromatic heterocycles. The Kier molecular flexibility index (Phi) is 5.76. The Morgan fingerprint density at radius 1 is 1.32 bits per heavy atom. The van der Waals surface area contributed by atoms with E-state index in [1.165, 1.54) is 30.4 Å². The minimum absolute atomic E-state index is 0.212. The van der Waals surface area contributed by atoms with Gasteiger partial charge in [0.1, 0.15) is 0 Å². The molecule has 1 atom stereocenters. The topological polar surface area (TPSA) is 45.5 Å².